The number of carbonyl (C=O) groups excluding carboxylic acids is 1. The van der Waals surface area contributed by atoms with Crippen molar-refractivity contribution in [1.29, 1.82) is 0 Å². The smallest absolute Gasteiger partial charge is 0.251 e. The molecular weight excluding hydrogens is 324 g/mol. The Morgan fingerprint density at radius 3 is 2.50 bits per heavy atom. The predicted octanol–water partition coefficient (Wildman–Crippen LogP) is 3.63. The van der Waals surface area contributed by atoms with Crippen molar-refractivity contribution in [2.24, 2.45) is 0 Å². The van der Waals surface area contributed by atoms with Gasteiger partial charge in [0.2, 0.25) is 0 Å². The van der Waals surface area contributed by atoms with Crippen molar-refractivity contribution in [1.82, 2.24) is 10.2 Å². The number of benzene rings is 2. The molecule has 4 heteroatoms. The van der Waals surface area contributed by atoms with Crippen LogP contribution in [0.3, 0.4) is 0 Å². The van der Waals surface area contributed by atoms with Gasteiger partial charge in [0.05, 0.1) is 19.3 Å². The summed E-state index contributed by atoms with van der Waals surface area (Å²) in [4.78, 5) is 15.0. The molecule has 1 N–H and O–H groups in total. The molecule has 0 aliphatic carbocycles. The number of amides is 1. The third kappa shape index (κ3) is 4.71. The van der Waals surface area contributed by atoms with Gasteiger partial charge in [-0.25, -0.2) is 0 Å². The van der Waals surface area contributed by atoms with Crippen LogP contribution in [0.4, 0.5) is 0 Å². The molecule has 0 aromatic heterocycles. The Labute approximate surface area is 156 Å². The fourth-order valence-corrected chi connectivity index (χ4v) is 3.36. The second kappa shape index (κ2) is 8.47. The number of rotatable bonds is 5. The first-order valence-electron chi connectivity index (χ1n) is 9.30. The summed E-state index contributed by atoms with van der Waals surface area (Å²) in [6.07, 6.45) is 0. The first-order chi connectivity index (χ1) is 12.5. The molecular formula is C22H28N2O2. The maximum atomic E-state index is 12.6. The van der Waals surface area contributed by atoms with Crippen LogP contribution in [0.1, 0.15) is 45.6 Å². The van der Waals surface area contributed by atoms with Gasteiger partial charge >= 0.3 is 0 Å². The first-order valence-corrected chi connectivity index (χ1v) is 9.30. The normalized spacial score (nSPS) is 16.3. The molecule has 1 saturated heterocycles. The highest BCUT2D eigenvalue weighted by Crippen LogP contribution is 2.19. The zero-order valence-corrected chi connectivity index (χ0v) is 15.9. The number of aryl methyl sites for hydroxylation is 2. The molecule has 1 aliphatic heterocycles. The van der Waals surface area contributed by atoms with E-state index in [1.54, 1.807) is 0 Å². The van der Waals surface area contributed by atoms with Crippen molar-refractivity contribution < 1.29 is 9.53 Å². The van der Waals surface area contributed by atoms with E-state index in [1.807, 2.05) is 31.2 Å². The number of hydrogen-bond acceptors (Lipinski definition) is 3. The molecule has 2 aromatic rings. The minimum atomic E-state index is -0.0312. The van der Waals surface area contributed by atoms with Crippen molar-refractivity contribution in [3.8, 4) is 0 Å². The largest absolute Gasteiger partial charge is 0.379 e. The third-order valence-electron chi connectivity index (χ3n) is 4.97. The van der Waals surface area contributed by atoms with Crippen LogP contribution in [0.2, 0.25) is 0 Å². The molecule has 138 valence electrons. The van der Waals surface area contributed by atoms with E-state index in [0.717, 1.165) is 32.8 Å². The fraction of sp³-hybridized carbons (Fsp3) is 0.409. The van der Waals surface area contributed by atoms with Gasteiger partial charge in [0.15, 0.2) is 0 Å². The van der Waals surface area contributed by atoms with E-state index >= 15 is 0 Å². The van der Waals surface area contributed by atoms with Gasteiger partial charge in [0.1, 0.15) is 0 Å². The Hall–Kier alpha value is -2.17. The Bertz CT molecular complexity index is 749. The molecule has 2 aromatic carbocycles. The van der Waals surface area contributed by atoms with E-state index in [1.165, 1.54) is 22.3 Å². The van der Waals surface area contributed by atoms with Gasteiger partial charge in [-0.1, -0.05) is 35.9 Å². The summed E-state index contributed by atoms with van der Waals surface area (Å²) in [6, 6.07) is 14.3. The third-order valence-corrected chi connectivity index (χ3v) is 4.97. The summed E-state index contributed by atoms with van der Waals surface area (Å²) in [7, 11) is 0. The number of hydrogen-bond donors (Lipinski definition) is 1. The summed E-state index contributed by atoms with van der Waals surface area (Å²) < 4.78 is 5.38. The lowest BCUT2D eigenvalue weighted by atomic mass is 9.99. The first kappa shape index (κ1) is 18.6. The van der Waals surface area contributed by atoms with Crippen LogP contribution < -0.4 is 5.32 Å². The van der Waals surface area contributed by atoms with Crippen LogP contribution in [0, 0.1) is 13.8 Å². The molecule has 0 unspecified atom stereocenters. The van der Waals surface area contributed by atoms with Crippen LogP contribution in [-0.4, -0.2) is 37.1 Å². The zero-order chi connectivity index (χ0) is 18.5. The Morgan fingerprint density at radius 1 is 1.12 bits per heavy atom. The highest BCUT2D eigenvalue weighted by Gasteiger charge is 2.14. The predicted molar refractivity (Wildman–Crippen MR) is 104 cm³/mol. The fourth-order valence-electron chi connectivity index (χ4n) is 3.36. The molecule has 26 heavy (non-hydrogen) atoms. The molecule has 1 aliphatic rings. The number of morpholine rings is 1. The maximum absolute atomic E-state index is 12.6. The monoisotopic (exact) mass is 352 g/mol. The van der Waals surface area contributed by atoms with Crippen LogP contribution in [0.5, 0.6) is 0 Å². The topological polar surface area (TPSA) is 41.6 Å². The number of ether oxygens (including phenoxy) is 1. The second-order valence-corrected chi connectivity index (χ2v) is 7.14. The average Bonchev–Trinajstić information content (AvgIpc) is 2.65. The standard InChI is InChI=1S/C22H28N2O2/c1-16-4-5-17(2)21(14-16)18(3)23-22(25)20-8-6-19(7-9-20)15-24-10-12-26-13-11-24/h4-9,14,18H,10-13,15H2,1-3H3,(H,23,25)/t18-/m1/s1. The Balaban J connectivity index is 1.61. The lowest BCUT2D eigenvalue weighted by Crippen LogP contribution is -2.35. The number of nitrogens with one attached hydrogen (secondary N) is 1. The van der Waals surface area contributed by atoms with Crippen molar-refractivity contribution in [3.05, 3.63) is 70.3 Å². The second-order valence-electron chi connectivity index (χ2n) is 7.14. The summed E-state index contributed by atoms with van der Waals surface area (Å²) in [5.74, 6) is -0.0312. The lowest BCUT2D eigenvalue weighted by Gasteiger charge is -2.26. The van der Waals surface area contributed by atoms with Crippen LogP contribution in [0.25, 0.3) is 0 Å². The molecule has 1 fully saturated rings. The van der Waals surface area contributed by atoms with E-state index in [0.29, 0.717) is 5.56 Å². The highest BCUT2D eigenvalue weighted by molar-refractivity contribution is 5.94. The summed E-state index contributed by atoms with van der Waals surface area (Å²) in [5.41, 5.74) is 5.50. The number of nitrogens with zero attached hydrogens (tertiary/aromatic N) is 1. The lowest BCUT2D eigenvalue weighted by molar-refractivity contribution is 0.0342. The van der Waals surface area contributed by atoms with E-state index in [2.05, 4.69) is 42.3 Å². The van der Waals surface area contributed by atoms with Gasteiger partial charge in [0.25, 0.3) is 5.91 Å². The summed E-state index contributed by atoms with van der Waals surface area (Å²) in [5, 5.41) is 3.12. The minimum Gasteiger partial charge on any atom is -0.379 e. The minimum absolute atomic E-state index is 0.0181. The molecule has 4 nitrogen and oxygen atoms in total. The Kier molecular flexibility index (Phi) is 6.07. The van der Waals surface area contributed by atoms with Gasteiger partial charge in [-0.05, 0) is 49.6 Å². The Morgan fingerprint density at radius 2 is 1.81 bits per heavy atom. The van der Waals surface area contributed by atoms with E-state index in [4.69, 9.17) is 4.74 Å². The van der Waals surface area contributed by atoms with Crippen LogP contribution >= 0.6 is 0 Å². The average molecular weight is 352 g/mol. The summed E-state index contributed by atoms with van der Waals surface area (Å²) in [6.45, 7) is 10.6. The van der Waals surface area contributed by atoms with Crippen molar-refractivity contribution in [3.63, 3.8) is 0 Å². The van der Waals surface area contributed by atoms with E-state index in [-0.39, 0.29) is 11.9 Å². The van der Waals surface area contributed by atoms with Crippen LogP contribution in [-0.2, 0) is 11.3 Å². The molecule has 1 atom stereocenters. The van der Waals surface area contributed by atoms with Crippen LogP contribution in [0.15, 0.2) is 42.5 Å². The molecule has 0 saturated carbocycles. The molecule has 3 rings (SSSR count). The van der Waals surface area contributed by atoms with Gasteiger partial charge in [-0.3, -0.25) is 9.69 Å². The van der Waals surface area contributed by atoms with E-state index in [9.17, 15) is 4.79 Å². The van der Waals surface area contributed by atoms with Gasteiger partial charge in [-0.15, -0.1) is 0 Å². The quantitative estimate of drug-likeness (QED) is 0.893. The summed E-state index contributed by atoms with van der Waals surface area (Å²) >= 11 is 0. The number of carbonyl (C=O) groups is 1. The van der Waals surface area contributed by atoms with Gasteiger partial charge < -0.3 is 10.1 Å². The SMILES string of the molecule is Cc1ccc(C)c([C@@H](C)NC(=O)c2ccc(CN3CCOCC3)cc2)c1. The molecule has 0 radical (unpaired) electrons. The molecule has 1 amide bonds. The van der Waals surface area contributed by atoms with Gasteiger partial charge in [0, 0.05) is 25.2 Å². The molecule has 0 bridgehead atoms. The van der Waals surface area contributed by atoms with Gasteiger partial charge in [-0.2, -0.15) is 0 Å². The maximum Gasteiger partial charge on any atom is 0.251 e. The highest BCUT2D eigenvalue weighted by atomic mass is 16.5. The van der Waals surface area contributed by atoms with E-state index < -0.39 is 0 Å². The van der Waals surface area contributed by atoms with Crippen molar-refractivity contribution in [2.45, 2.75) is 33.4 Å². The van der Waals surface area contributed by atoms with Crippen molar-refractivity contribution >= 4 is 5.91 Å². The molecule has 1 heterocycles. The molecule has 0 spiro atoms. The zero-order valence-electron chi connectivity index (χ0n) is 15.9. The van der Waals surface area contributed by atoms with Crippen molar-refractivity contribution in [2.75, 3.05) is 26.3 Å².